The van der Waals surface area contributed by atoms with E-state index in [1.165, 1.54) is 0 Å². The van der Waals surface area contributed by atoms with E-state index in [0.29, 0.717) is 56.1 Å². The van der Waals surface area contributed by atoms with E-state index in [0.717, 1.165) is 12.0 Å². The lowest BCUT2D eigenvalue weighted by molar-refractivity contribution is 0.0977. The number of benzene rings is 1. The van der Waals surface area contributed by atoms with E-state index in [-0.39, 0.29) is 24.2 Å². The molecule has 3 aromatic rings. The number of hydrogen-bond acceptors (Lipinski definition) is 9. The van der Waals surface area contributed by atoms with Gasteiger partial charge in [0.2, 0.25) is 5.95 Å². The molecule has 2 atom stereocenters. The van der Waals surface area contributed by atoms with Crippen molar-refractivity contribution < 1.29 is 19.0 Å². The predicted octanol–water partition coefficient (Wildman–Crippen LogP) is 2.97. The first-order valence-corrected chi connectivity index (χ1v) is 11.6. The third-order valence-electron chi connectivity index (χ3n) is 5.73. The van der Waals surface area contributed by atoms with Crippen LogP contribution in [0.4, 0.5) is 22.1 Å². The smallest absolute Gasteiger partial charge is 0.323 e. The summed E-state index contributed by atoms with van der Waals surface area (Å²) >= 11 is 0. The maximum Gasteiger partial charge on any atom is 0.323 e. The number of hydrogen-bond donors (Lipinski definition) is 2. The Morgan fingerprint density at radius 2 is 1.71 bits per heavy atom. The summed E-state index contributed by atoms with van der Waals surface area (Å²) < 4.78 is 17.0. The van der Waals surface area contributed by atoms with E-state index in [1.54, 1.807) is 36.7 Å². The minimum absolute atomic E-state index is 0.0781. The second-order valence-electron chi connectivity index (χ2n) is 8.35. The van der Waals surface area contributed by atoms with Gasteiger partial charge in [0.05, 0.1) is 32.5 Å². The largest absolute Gasteiger partial charge is 0.457 e. The van der Waals surface area contributed by atoms with Crippen LogP contribution >= 0.6 is 0 Å². The van der Waals surface area contributed by atoms with Crippen molar-refractivity contribution in [1.82, 2.24) is 19.9 Å². The molecule has 2 saturated heterocycles. The van der Waals surface area contributed by atoms with Crippen LogP contribution < -0.4 is 20.3 Å². The zero-order chi connectivity index (χ0) is 24.0. The van der Waals surface area contributed by atoms with Gasteiger partial charge in [-0.15, -0.1) is 0 Å². The van der Waals surface area contributed by atoms with Gasteiger partial charge in [-0.1, -0.05) is 0 Å². The van der Waals surface area contributed by atoms with Crippen LogP contribution in [0.25, 0.3) is 11.4 Å². The lowest BCUT2D eigenvalue weighted by Crippen LogP contribution is -2.44. The number of ether oxygens (including phenoxy) is 3. The number of aromatic nitrogens is 4. The summed E-state index contributed by atoms with van der Waals surface area (Å²) in [6.45, 7) is 5.17. The second-order valence-corrected chi connectivity index (χ2v) is 8.35. The molecular weight excluding hydrogens is 450 g/mol. The molecule has 2 amide bonds. The van der Waals surface area contributed by atoms with Crippen LogP contribution in [0.3, 0.4) is 0 Å². The number of urea groups is 1. The lowest BCUT2D eigenvalue weighted by atomic mass is 10.2. The minimum Gasteiger partial charge on any atom is -0.457 e. The molecule has 4 heterocycles. The molecule has 2 aromatic heterocycles. The number of anilines is 3. The predicted molar refractivity (Wildman–Crippen MR) is 130 cm³/mol. The van der Waals surface area contributed by atoms with Crippen molar-refractivity contribution >= 4 is 23.4 Å². The molecule has 2 aliphatic rings. The van der Waals surface area contributed by atoms with Gasteiger partial charge in [-0.2, -0.15) is 15.0 Å². The fourth-order valence-corrected chi connectivity index (χ4v) is 3.87. The average Bonchev–Trinajstić information content (AvgIpc) is 3.38. The average molecular weight is 478 g/mol. The molecule has 1 aromatic carbocycles. The Morgan fingerprint density at radius 1 is 0.971 bits per heavy atom. The molecule has 2 aliphatic heterocycles. The van der Waals surface area contributed by atoms with Gasteiger partial charge < -0.3 is 29.7 Å². The molecule has 2 N–H and O–H groups in total. The van der Waals surface area contributed by atoms with Crippen LogP contribution in [0, 0.1) is 0 Å². The Bertz CT molecular complexity index is 1140. The van der Waals surface area contributed by atoms with E-state index in [2.05, 4.69) is 37.4 Å². The van der Waals surface area contributed by atoms with Gasteiger partial charge in [0.15, 0.2) is 5.82 Å². The van der Waals surface area contributed by atoms with Gasteiger partial charge >= 0.3 is 12.0 Å². The summed E-state index contributed by atoms with van der Waals surface area (Å²) in [6.07, 6.45) is 3.95. The van der Waals surface area contributed by atoms with Crippen LogP contribution in [-0.4, -0.2) is 71.1 Å². The maximum absolute atomic E-state index is 12.3. The van der Waals surface area contributed by atoms with Crippen molar-refractivity contribution in [1.29, 1.82) is 0 Å². The molecule has 35 heavy (non-hydrogen) atoms. The van der Waals surface area contributed by atoms with E-state index in [9.17, 15) is 4.79 Å². The molecule has 2 unspecified atom stereocenters. The summed E-state index contributed by atoms with van der Waals surface area (Å²) in [4.78, 5) is 32.2. The highest BCUT2D eigenvalue weighted by atomic mass is 16.6. The molecule has 11 heteroatoms. The fraction of sp³-hybridized carbons (Fsp3) is 0.375. The summed E-state index contributed by atoms with van der Waals surface area (Å²) in [6, 6.07) is 10.8. The highest BCUT2D eigenvalue weighted by Gasteiger charge is 2.25. The number of amides is 2. The van der Waals surface area contributed by atoms with E-state index in [4.69, 9.17) is 19.2 Å². The van der Waals surface area contributed by atoms with Crippen LogP contribution in [-0.2, 0) is 9.47 Å². The minimum atomic E-state index is -0.345. The van der Waals surface area contributed by atoms with Crippen molar-refractivity contribution in [3.8, 4) is 17.4 Å². The zero-order valence-corrected chi connectivity index (χ0v) is 19.4. The molecule has 0 bridgehead atoms. The molecule has 2 fully saturated rings. The van der Waals surface area contributed by atoms with Crippen molar-refractivity contribution in [3.63, 3.8) is 0 Å². The summed E-state index contributed by atoms with van der Waals surface area (Å²) in [5.41, 5.74) is 2.07. The Balaban J connectivity index is 1.35. The van der Waals surface area contributed by atoms with Crippen molar-refractivity contribution in [2.24, 2.45) is 0 Å². The number of rotatable bonds is 6. The van der Waals surface area contributed by atoms with Gasteiger partial charge in [-0.05, 0) is 43.3 Å². The zero-order valence-electron chi connectivity index (χ0n) is 19.4. The molecule has 0 aliphatic carbocycles. The van der Waals surface area contributed by atoms with Gasteiger partial charge in [0, 0.05) is 42.3 Å². The van der Waals surface area contributed by atoms with Crippen LogP contribution in [0.2, 0.25) is 0 Å². The standard InChI is InChI=1S/C24H27N7O4/c1-16-14-34-13-11-31(16)22-28-21(29-24(30-22)35-20-8-12-33-15-20)17-2-4-18(5-3-17)26-23(32)27-19-6-9-25-10-7-19/h2-7,9-10,16,20H,8,11-15H2,1H3,(H2,25,26,27,32). The molecule has 5 rings (SSSR count). The number of morpholine rings is 1. The first kappa shape index (κ1) is 22.9. The molecule has 0 saturated carbocycles. The number of carbonyl (C=O) groups is 1. The Hall–Kier alpha value is -3.83. The molecule has 11 nitrogen and oxygen atoms in total. The van der Waals surface area contributed by atoms with Crippen LogP contribution in [0.15, 0.2) is 48.8 Å². The fourth-order valence-electron chi connectivity index (χ4n) is 3.87. The third kappa shape index (κ3) is 5.81. The topological polar surface area (TPSA) is 124 Å². The van der Waals surface area contributed by atoms with Crippen molar-refractivity contribution in [2.75, 3.05) is 48.5 Å². The van der Waals surface area contributed by atoms with Gasteiger partial charge in [0.25, 0.3) is 0 Å². The Morgan fingerprint density at radius 3 is 2.43 bits per heavy atom. The van der Waals surface area contributed by atoms with Crippen LogP contribution in [0.1, 0.15) is 13.3 Å². The molecule has 0 radical (unpaired) electrons. The Kier molecular flexibility index (Phi) is 6.96. The van der Waals surface area contributed by atoms with E-state index >= 15 is 0 Å². The first-order chi connectivity index (χ1) is 17.1. The second kappa shape index (κ2) is 10.6. The highest BCUT2D eigenvalue weighted by Crippen LogP contribution is 2.25. The summed E-state index contributed by atoms with van der Waals surface area (Å²) in [5.74, 6) is 1.05. The first-order valence-electron chi connectivity index (χ1n) is 11.6. The third-order valence-corrected chi connectivity index (χ3v) is 5.73. The quantitative estimate of drug-likeness (QED) is 0.551. The van der Waals surface area contributed by atoms with Gasteiger partial charge in [-0.25, -0.2) is 4.79 Å². The summed E-state index contributed by atoms with van der Waals surface area (Å²) in [5, 5.41) is 5.57. The lowest BCUT2D eigenvalue weighted by Gasteiger charge is -2.33. The number of nitrogens with one attached hydrogen (secondary N) is 2. The van der Waals surface area contributed by atoms with E-state index < -0.39 is 0 Å². The Labute approximate surface area is 202 Å². The normalized spacial score (nSPS) is 19.9. The number of pyridine rings is 1. The molecule has 182 valence electrons. The number of carbonyl (C=O) groups excluding carboxylic acids is 1. The van der Waals surface area contributed by atoms with Crippen LogP contribution in [0.5, 0.6) is 6.01 Å². The SMILES string of the molecule is CC1COCCN1c1nc(OC2CCOC2)nc(-c2ccc(NC(=O)Nc3ccncc3)cc2)n1. The maximum atomic E-state index is 12.3. The van der Waals surface area contributed by atoms with Crippen molar-refractivity contribution in [3.05, 3.63) is 48.8 Å². The monoisotopic (exact) mass is 477 g/mol. The number of nitrogens with zero attached hydrogens (tertiary/aromatic N) is 5. The highest BCUT2D eigenvalue weighted by molar-refractivity contribution is 5.99. The van der Waals surface area contributed by atoms with E-state index in [1.807, 2.05) is 12.1 Å². The molecule has 0 spiro atoms. The van der Waals surface area contributed by atoms with Gasteiger partial charge in [-0.3, -0.25) is 4.98 Å². The molecular formula is C24H27N7O4. The van der Waals surface area contributed by atoms with Crippen molar-refractivity contribution in [2.45, 2.75) is 25.5 Å². The summed E-state index contributed by atoms with van der Waals surface area (Å²) in [7, 11) is 0. The van der Waals surface area contributed by atoms with Gasteiger partial charge in [0.1, 0.15) is 6.10 Å².